The lowest BCUT2D eigenvalue weighted by molar-refractivity contribution is 0.0981. The molecule has 1 aromatic rings. The first-order valence-corrected chi connectivity index (χ1v) is 4.41. The van der Waals surface area contributed by atoms with E-state index in [0.29, 0.717) is 5.89 Å². The lowest BCUT2D eigenvalue weighted by atomic mass is 9.97. The van der Waals surface area contributed by atoms with E-state index in [4.69, 9.17) is 16.0 Å². The summed E-state index contributed by atoms with van der Waals surface area (Å²) in [6, 6.07) is 0. The Morgan fingerprint density at radius 2 is 2.08 bits per heavy atom. The summed E-state index contributed by atoms with van der Waals surface area (Å²) in [7, 11) is 0. The molecule has 72 valence electrons. The van der Waals surface area contributed by atoms with Crippen LogP contribution in [-0.4, -0.2) is 21.9 Å². The summed E-state index contributed by atoms with van der Waals surface area (Å²) in [5.74, 6) is -0.0447. The Labute approximate surface area is 81.3 Å². The molecular weight excluding hydrogens is 192 g/mol. The van der Waals surface area contributed by atoms with Gasteiger partial charge in [-0.15, -0.1) is 21.8 Å². The summed E-state index contributed by atoms with van der Waals surface area (Å²) in [6.45, 7) is 5.78. The first-order valence-electron chi connectivity index (χ1n) is 3.88. The monoisotopic (exact) mass is 202 g/mol. The minimum absolute atomic E-state index is 0.0140. The Kier molecular flexibility index (Phi) is 2.71. The molecular formula is C8H11ClN2O2. The first-order chi connectivity index (χ1) is 5.95. The van der Waals surface area contributed by atoms with E-state index in [1.807, 2.05) is 20.8 Å². The van der Waals surface area contributed by atoms with Crippen LogP contribution in [0.3, 0.4) is 0 Å². The van der Waals surface area contributed by atoms with Crippen molar-refractivity contribution in [2.45, 2.75) is 26.2 Å². The van der Waals surface area contributed by atoms with Crippen LogP contribution >= 0.6 is 11.6 Å². The summed E-state index contributed by atoms with van der Waals surface area (Å²) in [5, 5.41) is 7.36. The second kappa shape index (κ2) is 3.46. The highest BCUT2D eigenvalue weighted by molar-refractivity contribution is 6.29. The fourth-order valence-electron chi connectivity index (χ4n) is 0.696. The molecule has 0 N–H and O–H groups in total. The molecule has 0 saturated carbocycles. The molecule has 13 heavy (non-hydrogen) atoms. The summed E-state index contributed by atoms with van der Waals surface area (Å²) >= 11 is 5.33. The number of ketones is 1. The van der Waals surface area contributed by atoms with Gasteiger partial charge in [-0.25, -0.2) is 0 Å². The largest absolute Gasteiger partial charge is 0.418 e. The fraction of sp³-hybridized carbons (Fsp3) is 0.625. The van der Waals surface area contributed by atoms with E-state index < -0.39 is 0 Å². The van der Waals surface area contributed by atoms with E-state index in [0.717, 1.165) is 0 Å². The van der Waals surface area contributed by atoms with Crippen molar-refractivity contribution < 1.29 is 9.21 Å². The van der Waals surface area contributed by atoms with Crippen molar-refractivity contribution >= 4 is 17.4 Å². The molecule has 0 aromatic carbocycles. The van der Waals surface area contributed by atoms with Gasteiger partial charge in [0.15, 0.2) is 0 Å². The van der Waals surface area contributed by atoms with Crippen molar-refractivity contribution in [1.82, 2.24) is 10.2 Å². The third-order valence-electron chi connectivity index (χ3n) is 1.43. The Morgan fingerprint density at radius 3 is 2.46 bits per heavy atom. The highest BCUT2D eigenvalue weighted by Gasteiger charge is 2.23. The summed E-state index contributed by atoms with van der Waals surface area (Å²) in [6.07, 6.45) is 0. The van der Waals surface area contributed by atoms with Crippen molar-refractivity contribution in [2.24, 2.45) is 0 Å². The molecule has 0 aliphatic carbocycles. The van der Waals surface area contributed by atoms with Crippen molar-refractivity contribution in [1.29, 1.82) is 0 Å². The van der Waals surface area contributed by atoms with E-state index in [-0.39, 0.29) is 23.0 Å². The van der Waals surface area contributed by atoms with Gasteiger partial charge >= 0.3 is 0 Å². The van der Waals surface area contributed by atoms with Crippen LogP contribution < -0.4 is 0 Å². The number of Topliss-reactive ketones (excluding diaryl/α,β-unsaturated/α-hetero) is 1. The summed E-state index contributed by atoms with van der Waals surface area (Å²) in [4.78, 5) is 11.0. The van der Waals surface area contributed by atoms with E-state index in [9.17, 15) is 4.79 Å². The molecule has 0 saturated heterocycles. The van der Waals surface area contributed by atoms with Crippen molar-refractivity contribution in [3.63, 3.8) is 0 Å². The highest BCUT2D eigenvalue weighted by Crippen LogP contribution is 2.20. The predicted molar refractivity (Wildman–Crippen MR) is 48.0 cm³/mol. The van der Waals surface area contributed by atoms with E-state index in [1.165, 1.54) is 0 Å². The number of carbonyl (C=O) groups excluding carboxylic acids is 1. The average Bonchev–Trinajstić information content (AvgIpc) is 2.50. The van der Waals surface area contributed by atoms with Crippen LogP contribution in [0.1, 0.15) is 37.3 Å². The topological polar surface area (TPSA) is 56.0 Å². The zero-order valence-corrected chi connectivity index (χ0v) is 8.55. The number of halogens is 1. The molecule has 1 heterocycles. The van der Waals surface area contributed by atoms with Crippen molar-refractivity contribution in [3.05, 3.63) is 11.8 Å². The number of carbonyl (C=O) groups is 1. The van der Waals surface area contributed by atoms with E-state index in [2.05, 4.69) is 10.2 Å². The number of aromatic nitrogens is 2. The molecule has 5 heteroatoms. The molecule has 0 atom stereocenters. The van der Waals surface area contributed by atoms with Gasteiger partial charge in [-0.05, 0) is 0 Å². The average molecular weight is 203 g/mol. The van der Waals surface area contributed by atoms with Crippen LogP contribution in [0.2, 0.25) is 0 Å². The van der Waals surface area contributed by atoms with Crippen LogP contribution in [-0.2, 0) is 5.41 Å². The molecule has 0 amide bonds. The van der Waals surface area contributed by atoms with Gasteiger partial charge in [0, 0.05) is 5.41 Å². The number of hydrogen-bond donors (Lipinski definition) is 0. The van der Waals surface area contributed by atoms with E-state index >= 15 is 0 Å². The Balaban J connectivity index is 2.93. The number of rotatable bonds is 2. The fourth-order valence-corrected chi connectivity index (χ4v) is 0.810. The maximum Gasteiger partial charge on any atom is 0.285 e. The van der Waals surface area contributed by atoms with Crippen LogP contribution in [0.4, 0.5) is 0 Å². The molecule has 4 nitrogen and oxygen atoms in total. The minimum Gasteiger partial charge on any atom is -0.418 e. The van der Waals surface area contributed by atoms with Gasteiger partial charge in [-0.1, -0.05) is 20.8 Å². The van der Waals surface area contributed by atoms with Gasteiger partial charge in [0.2, 0.25) is 11.7 Å². The van der Waals surface area contributed by atoms with Crippen LogP contribution in [0, 0.1) is 0 Å². The van der Waals surface area contributed by atoms with Crippen molar-refractivity contribution in [3.8, 4) is 0 Å². The zero-order chi connectivity index (χ0) is 10.1. The van der Waals surface area contributed by atoms with Crippen LogP contribution in [0.25, 0.3) is 0 Å². The van der Waals surface area contributed by atoms with Crippen LogP contribution in [0.15, 0.2) is 4.42 Å². The molecule has 0 radical (unpaired) electrons. The standard InChI is InChI=1S/C8H11ClN2O2/c1-8(2,3)7-11-10-6(13-7)5(12)4-9/h4H2,1-3H3. The van der Waals surface area contributed by atoms with Gasteiger partial charge in [0.25, 0.3) is 5.89 Å². The number of nitrogens with zero attached hydrogens (tertiary/aromatic N) is 2. The smallest absolute Gasteiger partial charge is 0.285 e. The lowest BCUT2D eigenvalue weighted by Crippen LogP contribution is -2.11. The molecule has 1 rings (SSSR count). The number of alkyl halides is 1. The second-order valence-corrected chi connectivity index (χ2v) is 3.99. The summed E-state index contributed by atoms with van der Waals surface area (Å²) in [5.41, 5.74) is -0.238. The van der Waals surface area contributed by atoms with Gasteiger partial charge in [-0.3, -0.25) is 4.79 Å². The molecule has 1 aromatic heterocycles. The molecule has 0 aliphatic heterocycles. The normalized spacial score (nSPS) is 11.7. The molecule has 0 aliphatic rings. The quantitative estimate of drug-likeness (QED) is 0.542. The molecule has 0 spiro atoms. The second-order valence-electron chi connectivity index (χ2n) is 3.72. The van der Waals surface area contributed by atoms with E-state index in [1.54, 1.807) is 0 Å². The highest BCUT2D eigenvalue weighted by atomic mass is 35.5. The third kappa shape index (κ3) is 2.28. The maximum atomic E-state index is 11.0. The Bertz CT molecular complexity index is 314. The third-order valence-corrected chi connectivity index (χ3v) is 1.67. The first kappa shape index (κ1) is 10.2. The minimum atomic E-state index is -0.343. The van der Waals surface area contributed by atoms with Gasteiger partial charge in [-0.2, -0.15) is 0 Å². The van der Waals surface area contributed by atoms with Crippen molar-refractivity contribution in [2.75, 3.05) is 5.88 Å². The zero-order valence-electron chi connectivity index (χ0n) is 7.80. The maximum absolute atomic E-state index is 11.0. The molecule has 0 fully saturated rings. The van der Waals surface area contributed by atoms with Crippen LogP contribution in [0.5, 0.6) is 0 Å². The summed E-state index contributed by atoms with van der Waals surface area (Å²) < 4.78 is 5.14. The molecule has 0 unspecified atom stereocenters. The Morgan fingerprint density at radius 1 is 1.46 bits per heavy atom. The van der Waals surface area contributed by atoms with Gasteiger partial charge in [0.1, 0.15) is 0 Å². The number of hydrogen-bond acceptors (Lipinski definition) is 4. The SMILES string of the molecule is CC(C)(C)c1nnc(C(=O)CCl)o1. The Hall–Kier alpha value is -0.900. The molecule has 0 bridgehead atoms. The predicted octanol–water partition coefficient (Wildman–Crippen LogP) is 1.79. The lowest BCUT2D eigenvalue weighted by Gasteiger charge is -2.10. The van der Waals surface area contributed by atoms with Gasteiger partial charge in [0.05, 0.1) is 5.88 Å². The van der Waals surface area contributed by atoms with Gasteiger partial charge < -0.3 is 4.42 Å².